The maximum absolute atomic E-state index is 5.60. The Morgan fingerprint density at radius 1 is 1.50 bits per heavy atom. The van der Waals surface area contributed by atoms with Crippen molar-refractivity contribution in [3.05, 3.63) is 35.5 Å². The molecule has 1 aliphatic carbocycles. The molecular formula is C15H22N2O. The number of aryl methyl sites for hydroxylation is 1. The average Bonchev–Trinajstić information content (AvgIpc) is 3.11. The van der Waals surface area contributed by atoms with Crippen LogP contribution in [-0.4, -0.2) is 17.6 Å². The minimum atomic E-state index is 0.654. The second-order valence-corrected chi connectivity index (χ2v) is 5.10. The fourth-order valence-electron chi connectivity index (χ4n) is 1.71. The lowest BCUT2D eigenvalue weighted by Crippen LogP contribution is -2.16. The zero-order chi connectivity index (χ0) is 13.0. The van der Waals surface area contributed by atoms with Crippen molar-refractivity contribution < 1.29 is 4.74 Å². The standard InChI is InChI=1S/C15H22N2O/c1-11(2)8-9-18-15-7-4-13(12(3)17-15)10-16-14-5-6-14/h4,7,14,16H,1,5-6,8-10H2,2-3H3. The molecule has 1 aliphatic rings. The average molecular weight is 246 g/mol. The van der Waals surface area contributed by atoms with Crippen LogP contribution in [0.4, 0.5) is 0 Å². The summed E-state index contributed by atoms with van der Waals surface area (Å²) in [6, 6.07) is 4.79. The topological polar surface area (TPSA) is 34.1 Å². The highest BCUT2D eigenvalue weighted by molar-refractivity contribution is 5.25. The first kappa shape index (κ1) is 13.1. The number of nitrogens with zero attached hydrogens (tertiary/aromatic N) is 1. The molecule has 18 heavy (non-hydrogen) atoms. The fourth-order valence-corrected chi connectivity index (χ4v) is 1.71. The number of rotatable bonds is 7. The molecule has 1 fully saturated rings. The minimum Gasteiger partial charge on any atom is -0.477 e. The molecule has 1 heterocycles. The molecular weight excluding hydrogens is 224 g/mol. The Morgan fingerprint density at radius 2 is 2.28 bits per heavy atom. The summed E-state index contributed by atoms with van der Waals surface area (Å²) in [5, 5.41) is 3.50. The summed E-state index contributed by atoms with van der Waals surface area (Å²) in [6.07, 6.45) is 3.51. The molecule has 1 aromatic rings. The summed E-state index contributed by atoms with van der Waals surface area (Å²) < 4.78 is 5.60. The Balaban J connectivity index is 1.85. The number of hydrogen-bond donors (Lipinski definition) is 1. The molecule has 1 N–H and O–H groups in total. The molecule has 0 amide bonds. The molecule has 2 rings (SSSR count). The molecule has 98 valence electrons. The van der Waals surface area contributed by atoms with E-state index < -0.39 is 0 Å². The Hall–Kier alpha value is -1.35. The van der Waals surface area contributed by atoms with Crippen molar-refractivity contribution in [3.63, 3.8) is 0 Å². The predicted octanol–water partition coefficient (Wildman–Crippen LogP) is 2.99. The van der Waals surface area contributed by atoms with Gasteiger partial charge in [0.15, 0.2) is 0 Å². The van der Waals surface area contributed by atoms with E-state index in [9.17, 15) is 0 Å². The van der Waals surface area contributed by atoms with E-state index in [4.69, 9.17) is 4.74 Å². The second kappa shape index (κ2) is 6.01. The molecule has 0 aliphatic heterocycles. The van der Waals surface area contributed by atoms with Gasteiger partial charge in [0, 0.05) is 30.8 Å². The normalized spacial score (nSPS) is 14.6. The van der Waals surface area contributed by atoms with Crippen molar-refractivity contribution in [3.8, 4) is 5.88 Å². The maximum Gasteiger partial charge on any atom is 0.213 e. The van der Waals surface area contributed by atoms with Crippen molar-refractivity contribution in [1.29, 1.82) is 0 Å². The monoisotopic (exact) mass is 246 g/mol. The Labute approximate surface area is 109 Å². The first-order valence-electron chi connectivity index (χ1n) is 6.62. The molecule has 1 aromatic heterocycles. The van der Waals surface area contributed by atoms with Crippen LogP contribution in [0.5, 0.6) is 5.88 Å². The van der Waals surface area contributed by atoms with Gasteiger partial charge in [0.05, 0.1) is 6.61 Å². The van der Waals surface area contributed by atoms with E-state index >= 15 is 0 Å². The summed E-state index contributed by atoms with van der Waals surface area (Å²) in [4.78, 5) is 4.48. The zero-order valence-electron chi connectivity index (χ0n) is 11.3. The highest BCUT2D eigenvalue weighted by Crippen LogP contribution is 2.20. The van der Waals surface area contributed by atoms with Crippen molar-refractivity contribution in [2.24, 2.45) is 0 Å². The zero-order valence-corrected chi connectivity index (χ0v) is 11.3. The van der Waals surface area contributed by atoms with Crippen LogP contribution in [0.3, 0.4) is 0 Å². The van der Waals surface area contributed by atoms with Crippen LogP contribution in [0.1, 0.15) is 37.4 Å². The molecule has 0 saturated heterocycles. The van der Waals surface area contributed by atoms with Gasteiger partial charge in [0.25, 0.3) is 0 Å². The summed E-state index contributed by atoms with van der Waals surface area (Å²) in [7, 11) is 0. The number of pyridine rings is 1. The molecule has 0 unspecified atom stereocenters. The highest BCUT2D eigenvalue weighted by atomic mass is 16.5. The van der Waals surface area contributed by atoms with Crippen LogP contribution < -0.4 is 10.1 Å². The van der Waals surface area contributed by atoms with E-state index in [0.29, 0.717) is 12.5 Å². The second-order valence-electron chi connectivity index (χ2n) is 5.10. The van der Waals surface area contributed by atoms with Gasteiger partial charge in [-0.25, -0.2) is 4.98 Å². The lowest BCUT2D eigenvalue weighted by Gasteiger charge is -2.09. The fraction of sp³-hybridized carbons (Fsp3) is 0.533. The largest absolute Gasteiger partial charge is 0.477 e. The Kier molecular flexibility index (Phi) is 4.37. The minimum absolute atomic E-state index is 0.654. The van der Waals surface area contributed by atoms with Gasteiger partial charge in [-0.3, -0.25) is 0 Å². The van der Waals surface area contributed by atoms with E-state index in [0.717, 1.165) is 30.3 Å². The van der Waals surface area contributed by atoms with Gasteiger partial charge in [0.1, 0.15) is 0 Å². The smallest absolute Gasteiger partial charge is 0.213 e. The lowest BCUT2D eigenvalue weighted by molar-refractivity contribution is 0.308. The SMILES string of the molecule is C=C(C)CCOc1ccc(CNC2CC2)c(C)n1. The van der Waals surface area contributed by atoms with E-state index in [-0.39, 0.29) is 0 Å². The molecule has 0 aromatic carbocycles. The Bertz CT molecular complexity index is 425. The first-order chi connectivity index (χ1) is 8.65. The van der Waals surface area contributed by atoms with E-state index in [1.54, 1.807) is 0 Å². The molecule has 3 nitrogen and oxygen atoms in total. The van der Waals surface area contributed by atoms with Crippen molar-refractivity contribution >= 4 is 0 Å². The van der Waals surface area contributed by atoms with E-state index in [1.165, 1.54) is 18.4 Å². The molecule has 3 heteroatoms. The van der Waals surface area contributed by atoms with Gasteiger partial charge in [0.2, 0.25) is 5.88 Å². The van der Waals surface area contributed by atoms with Crippen LogP contribution in [0.15, 0.2) is 24.3 Å². The van der Waals surface area contributed by atoms with Gasteiger partial charge in [-0.15, -0.1) is 6.58 Å². The molecule has 0 spiro atoms. The van der Waals surface area contributed by atoms with Crippen LogP contribution in [0.25, 0.3) is 0 Å². The quantitative estimate of drug-likeness (QED) is 0.751. The van der Waals surface area contributed by atoms with Crippen LogP contribution >= 0.6 is 0 Å². The van der Waals surface area contributed by atoms with Gasteiger partial charge in [-0.2, -0.15) is 0 Å². The number of aromatic nitrogens is 1. The van der Waals surface area contributed by atoms with Crippen LogP contribution in [0.2, 0.25) is 0 Å². The maximum atomic E-state index is 5.60. The van der Waals surface area contributed by atoms with E-state index in [1.807, 2.05) is 19.9 Å². The molecule has 0 atom stereocenters. The van der Waals surface area contributed by atoms with Crippen molar-refractivity contribution in [2.75, 3.05) is 6.61 Å². The summed E-state index contributed by atoms with van der Waals surface area (Å²) >= 11 is 0. The number of hydrogen-bond acceptors (Lipinski definition) is 3. The van der Waals surface area contributed by atoms with E-state index in [2.05, 4.69) is 22.9 Å². The third kappa shape index (κ3) is 4.15. The van der Waals surface area contributed by atoms with Gasteiger partial charge >= 0.3 is 0 Å². The van der Waals surface area contributed by atoms with Gasteiger partial charge in [-0.05, 0) is 32.3 Å². The van der Waals surface area contributed by atoms with Crippen LogP contribution in [-0.2, 0) is 6.54 Å². The molecule has 1 saturated carbocycles. The van der Waals surface area contributed by atoms with Gasteiger partial charge in [-0.1, -0.05) is 11.6 Å². The first-order valence-corrected chi connectivity index (χ1v) is 6.62. The lowest BCUT2D eigenvalue weighted by atomic mass is 10.2. The van der Waals surface area contributed by atoms with Crippen molar-refractivity contribution in [1.82, 2.24) is 10.3 Å². The highest BCUT2D eigenvalue weighted by Gasteiger charge is 2.20. The number of nitrogens with one attached hydrogen (secondary N) is 1. The van der Waals surface area contributed by atoms with Crippen LogP contribution in [0, 0.1) is 6.92 Å². The summed E-state index contributed by atoms with van der Waals surface area (Å²) in [6.45, 7) is 9.47. The predicted molar refractivity (Wildman–Crippen MR) is 73.8 cm³/mol. The van der Waals surface area contributed by atoms with Gasteiger partial charge < -0.3 is 10.1 Å². The third-order valence-electron chi connectivity index (χ3n) is 3.11. The third-order valence-corrected chi connectivity index (χ3v) is 3.11. The summed E-state index contributed by atoms with van der Waals surface area (Å²) in [5.74, 6) is 0.712. The molecule has 0 radical (unpaired) electrons. The van der Waals surface area contributed by atoms with Crippen molar-refractivity contribution in [2.45, 2.75) is 45.7 Å². The molecule has 0 bridgehead atoms. The summed E-state index contributed by atoms with van der Waals surface area (Å²) in [5.41, 5.74) is 3.45. The number of ether oxygens (including phenoxy) is 1. The Morgan fingerprint density at radius 3 is 2.89 bits per heavy atom.